The first-order valence-corrected chi connectivity index (χ1v) is 14.0. The van der Waals surface area contributed by atoms with Crippen LogP contribution in [0.2, 0.25) is 0 Å². The van der Waals surface area contributed by atoms with Crippen LogP contribution in [0.3, 0.4) is 0 Å². The van der Waals surface area contributed by atoms with Crippen LogP contribution in [0.5, 0.6) is 0 Å². The standard InChI is InChI=1S/C29H29N2OS.C5H5.Fe/c1-3-31(4-2)21-33-28-16-10-15-27(28)30-29(32)24-19-17-23(18-20-24)26-14-9-8-13-25(26)22-11-6-5-7-12-22;1-2-4-5-3-1;/h5-20H,3-4,21H2,1-2H3,(H,30,32);1-5H;/q2*-1;+2. The zero-order chi connectivity index (χ0) is 26.6. The third kappa shape index (κ3) is 8.58. The molecule has 0 aliphatic rings. The van der Waals surface area contributed by atoms with Crippen LogP contribution in [0.1, 0.15) is 24.2 Å². The average Bonchev–Trinajstić information content (AvgIpc) is 3.70. The fourth-order valence-corrected chi connectivity index (χ4v) is 5.26. The largest absolute Gasteiger partial charge is 2.00 e. The van der Waals surface area contributed by atoms with Crippen LogP contribution < -0.4 is 5.32 Å². The van der Waals surface area contributed by atoms with E-state index in [4.69, 9.17) is 0 Å². The summed E-state index contributed by atoms with van der Waals surface area (Å²) in [6.07, 6.45) is 0. The topological polar surface area (TPSA) is 32.3 Å². The van der Waals surface area contributed by atoms with E-state index in [0.29, 0.717) is 5.56 Å². The molecule has 1 amide bonds. The van der Waals surface area contributed by atoms with Gasteiger partial charge in [0.2, 0.25) is 0 Å². The fourth-order valence-electron chi connectivity index (χ4n) is 4.12. The minimum absolute atomic E-state index is 0. The molecular formula is C34H34FeN2OS. The number of carbonyl (C=O) groups is 1. The Bertz CT molecular complexity index is 1360. The van der Waals surface area contributed by atoms with Gasteiger partial charge in [-0.3, -0.25) is 4.90 Å². The van der Waals surface area contributed by atoms with Crippen molar-refractivity contribution in [2.45, 2.75) is 18.7 Å². The summed E-state index contributed by atoms with van der Waals surface area (Å²) in [6, 6.07) is 42.6. The van der Waals surface area contributed by atoms with Crippen molar-refractivity contribution in [1.82, 2.24) is 4.90 Å². The molecule has 0 unspecified atom stereocenters. The number of nitrogens with one attached hydrogen (secondary N) is 1. The third-order valence-electron chi connectivity index (χ3n) is 6.35. The molecule has 5 rings (SSSR count). The molecule has 0 aliphatic carbocycles. The van der Waals surface area contributed by atoms with E-state index in [-0.39, 0.29) is 23.0 Å². The monoisotopic (exact) mass is 574 g/mol. The van der Waals surface area contributed by atoms with Gasteiger partial charge in [0.15, 0.2) is 5.91 Å². The van der Waals surface area contributed by atoms with E-state index in [9.17, 15) is 4.79 Å². The first-order valence-electron chi connectivity index (χ1n) is 13.0. The first kappa shape index (κ1) is 30.2. The maximum absolute atomic E-state index is 12.9. The minimum atomic E-state index is -0.0891. The number of benzene rings is 3. The maximum Gasteiger partial charge on any atom is 2.00 e. The van der Waals surface area contributed by atoms with Gasteiger partial charge in [0.1, 0.15) is 0 Å². The Balaban J connectivity index is 0.000000630. The van der Waals surface area contributed by atoms with Gasteiger partial charge in [0.05, 0.1) is 0 Å². The Morgan fingerprint density at radius 2 is 1.36 bits per heavy atom. The van der Waals surface area contributed by atoms with Crippen molar-refractivity contribution in [2.75, 3.05) is 24.3 Å². The second-order valence-electron chi connectivity index (χ2n) is 8.79. The molecule has 39 heavy (non-hydrogen) atoms. The molecule has 0 spiro atoms. The molecular weight excluding hydrogens is 540 g/mol. The van der Waals surface area contributed by atoms with Crippen molar-refractivity contribution in [3.63, 3.8) is 0 Å². The molecule has 1 N–H and O–H groups in total. The molecule has 5 aromatic carbocycles. The third-order valence-corrected chi connectivity index (χ3v) is 7.51. The summed E-state index contributed by atoms with van der Waals surface area (Å²) in [5.74, 6) is 0.823. The fraction of sp³-hybridized carbons (Fsp3) is 0.147. The Morgan fingerprint density at radius 3 is 1.92 bits per heavy atom. The van der Waals surface area contributed by atoms with E-state index in [1.165, 1.54) is 11.1 Å². The van der Waals surface area contributed by atoms with Gasteiger partial charge in [-0.2, -0.15) is 30.3 Å². The summed E-state index contributed by atoms with van der Waals surface area (Å²) in [5.41, 5.74) is 6.13. The summed E-state index contributed by atoms with van der Waals surface area (Å²) in [5, 5.41) is 3.08. The van der Waals surface area contributed by atoms with Crippen LogP contribution in [0.4, 0.5) is 5.69 Å². The van der Waals surface area contributed by atoms with Crippen LogP contribution in [0.25, 0.3) is 22.3 Å². The summed E-state index contributed by atoms with van der Waals surface area (Å²) in [6.45, 7) is 6.37. The molecule has 0 fully saturated rings. The number of hydrogen-bond donors (Lipinski definition) is 1. The van der Waals surface area contributed by atoms with Crippen molar-refractivity contribution in [2.24, 2.45) is 0 Å². The number of carbonyl (C=O) groups excluding carboxylic acids is 1. The predicted octanol–water partition coefficient (Wildman–Crippen LogP) is 8.79. The zero-order valence-corrected chi connectivity index (χ0v) is 24.3. The second kappa shape index (κ2) is 15.9. The number of thioether (sulfide) groups is 1. The van der Waals surface area contributed by atoms with E-state index in [2.05, 4.69) is 78.7 Å². The van der Waals surface area contributed by atoms with Gasteiger partial charge in [0, 0.05) is 5.88 Å². The maximum atomic E-state index is 12.9. The molecule has 5 heteroatoms. The minimum Gasteiger partial charge on any atom is -0.400 e. The molecule has 0 saturated heterocycles. The quantitative estimate of drug-likeness (QED) is 0.0827. The van der Waals surface area contributed by atoms with Crippen molar-refractivity contribution in [1.29, 1.82) is 0 Å². The van der Waals surface area contributed by atoms with Crippen LogP contribution in [0, 0.1) is 0 Å². The van der Waals surface area contributed by atoms with Gasteiger partial charge in [-0.15, -0.1) is 17.8 Å². The van der Waals surface area contributed by atoms with E-state index < -0.39 is 0 Å². The molecule has 0 heterocycles. The summed E-state index contributed by atoms with van der Waals surface area (Å²) >= 11 is 1.76. The predicted molar refractivity (Wildman–Crippen MR) is 163 cm³/mol. The van der Waals surface area contributed by atoms with Gasteiger partial charge >= 0.3 is 17.1 Å². The number of amides is 1. The first-order chi connectivity index (χ1) is 18.7. The Morgan fingerprint density at radius 1 is 0.769 bits per heavy atom. The summed E-state index contributed by atoms with van der Waals surface area (Å²) < 4.78 is 0. The van der Waals surface area contributed by atoms with Gasteiger partial charge in [-0.05, 0) is 46.6 Å². The number of hydrogen-bond acceptors (Lipinski definition) is 3. The van der Waals surface area contributed by atoms with Crippen molar-refractivity contribution >= 4 is 23.4 Å². The van der Waals surface area contributed by atoms with E-state index in [1.54, 1.807) is 11.8 Å². The normalized spacial score (nSPS) is 10.3. The summed E-state index contributed by atoms with van der Waals surface area (Å²) in [7, 11) is 0. The van der Waals surface area contributed by atoms with E-state index in [1.807, 2.05) is 72.8 Å². The molecule has 3 nitrogen and oxygen atoms in total. The molecule has 0 radical (unpaired) electrons. The number of anilines is 1. The van der Waals surface area contributed by atoms with E-state index >= 15 is 0 Å². The average molecular weight is 575 g/mol. The zero-order valence-electron chi connectivity index (χ0n) is 22.4. The van der Waals surface area contributed by atoms with Crippen LogP contribution in [-0.4, -0.2) is 29.8 Å². The van der Waals surface area contributed by atoms with Crippen LogP contribution >= 0.6 is 11.8 Å². The van der Waals surface area contributed by atoms with Gasteiger partial charge < -0.3 is 10.1 Å². The molecule has 0 atom stereocenters. The van der Waals surface area contributed by atoms with Gasteiger partial charge in [0.25, 0.3) is 0 Å². The molecule has 0 aliphatic heterocycles. The van der Waals surface area contributed by atoms with E-state index in [0.717, 1.165) is 40.7 Å². The SMILES string of the molecule is CCN(CC)CSc1ccc[c-]1NC(=O)c1ccc(-c2ccccc2-c2ccccc2)cc1.[Fe+2].c1cc[cH-]c1. The number of nitrogens with zero attached hydrogens (tertiary/aromatic N) is 1. The Hall–Kier alpha value is -3.34. The molecule has 200 valence electrons. The van der Waals surface area contributed by atoms with Crippen molar-refractivity contribution in [3.05, 3.63) is 133 Å². The number of rotatable bonds is 9. The molecule has 0 bridgehead atoms. The van der Waals surface area contributed by atoms with Gasteiger partial charge in [-0.25, -0.2) is 12.1 Å². The second-order valence-corrected chi connectivity index (χ2v) is 9.77. The smallest absolute Gasteiger partial charge is 0.400 e. The van der Waals surface area contributed by atoms with Crippen LogP contribution in [-0.2, 0) is 17.1 Å². The molecule has 0 saturated carbocycles. The van der Waals surface area contributed by atoms with Gasteiger partial charge in [-0.1, -0.05) is 97.6 Å². The summed E-state index contributed by atoms with van der Waals surface area (Å²) in [4.78, 5) is 16.4. The molecule has 0 aromatic heterocycles. The van der Waals surface area contributed by atoms with Crippen molar-refractivity contribution in [3.8, 4) is 22.3 Å². The Kier molecular flexibility index (Phi) is 12.3. The van der Waals surface area contributed by atoms with Crippen molar-refractivity contribution < 1.29 is 21.9 Å². The Labute approximate surface area is 247 Å². The van der Waals surface area contributed by atoms with Crippen LogP contribution in [0.15, 0.2) is 132 Å². The molecule has 5 aromatic rings.